The Balaban J connectivity index is 1.81. The molecule has 1 amide bonds. The van der Waals surface area contributed by atoms with Gasteiger partial charge in [0.1, 0.15) is 5.75 Å². The molecule has 0 aromatic heterocycles. The molecule has 4 nitrogen and oxygen atoms in total. The predicted molar refractivity (Wildman–Crippen MR) is 83.5 cm³/mol. The lowest BCUT2D eigenvalue weighted by molar-refractivity contribution is -0.134. The Hall–Kier alpha value is -2.33. The van der Waals surface area contributed by atoms with E-state index in [0.29, 0.717) is 6.54 Å². The van der Waals surface area contributed by atoms with Gasteiger partial charge in [-0.25, -0.2) is 0 Å². The Kier molecular flexibility index (Phi) is 4.11. The average molecular weight is 297 g/mol. The van der Waals surface area contributed by atoms with Gasteiger partial charge in [-0.1, -0.05) is 36.4 Å². The highest BCUT2D eigenvalue weighted by molar-refractivity contribution is 5.79. The summed E-state index contributed by atoms with van der Waals surface area (Å²) in [7, 11) is 0. The number of rotatable bonds is 3. The zero-order valence-electron chi connectivity index (χ0n) is 12.3. The van der Waals surface area contributed by atoms with Crippen molar-refractivity contribution in [1.29, 1.82) is 0 Å². The smallest absolute Gasteiger partial charge is 0.227 e. The molecule has 1 aliphatic heterocycles. The third-order valence-corrected chi connectivity index (χ3v) is 4.17. The number of amides is 1. The Morgan fingerprint density at radius 3 is 2.77 bits per heavy atom. The van der Waals surface area contributed by atoms with Crippen molar-refractivity contribution in [3.63, 3.8) is 0 Å². The van der Waals surface area contributed by atoms with E-state index >= 15 is 0 Å². The number of phenolic OH excluding ortho intramolecular Hbond substituents is 1. The molecule has 1 atom stereocenters. The number of hydrogen-bond donors (Lipinski definition) is 2. The summed E-state index contributed by atoms with van der Waals surface area (Å²) in [6.45, 7) is 0.530. The number of benzene rings is 2. The van der Waals surface area contributed by atoms with E-state index in [4.69, 9.17) is 0 Å². The molecule has 2 N–H and O–H groups in total. The summed E-state index contributed by atoms with van der Waals surface area (Å²) >= 11 is 0. The number of carbonyl (C=O) groups excluding carboxylic acids is 1. The van der Waals surface area contributed by atoms with Crippen molar-refractivity contribution < 1.29 is 15.0 Å². The van der Waals surface area contributed by atoms with Crippen LogP contribution in [0.3, 0.4) is 0 Å². The average Bonchev–Trinajstić information content (AvgIpc) is 2.53. The van der Waals surface area contributed by atoms with E-state index in [1.54, 1.807) is 23.1 Å². The van der Waals surface area contributed by atoms with Crippen LogP contribution in [0.2, 0.25) is 0 Å². The highest BCUT2D eigenvalue weighted by Crippen LogP contribution is 2.29. The van der Waals surface area contributed by atoms with Gasteiger partial charge in [-0.3, -0.25) is 4.79 Å². The molecule has 2 aromatic rings. The SMILES string of the molecule is O=C(Cc1cccc(O)c1)N1CCc2ccccc2C1CO. The number of carbonyl (C=O) groups is 1. The topological polar surface area (TPSA) is 60.8 Å². The lowest BCUT2D eigenvalue weighted by Gasteiger charge is -2.36. The second-order valence-electron chi connectivity index (χ2n) is 5.58. The third kappa shape index (κ3) is 2.83. The molecular formula is C18H19NO3. The normalized spacial score (nSPS) is 17.1. The number of fused-ring (bicyclic) bond motifs is 1. The van der Waals surface area contributed by atoms with E-state index in [-0.39, 0.29) is 30.7 Å². The van der Waals surface area contributed by atoms with Gasteiger partial charge in [0.2, 0.25) is 5.91 Å². The largest absolute Gasteiger partial charge is 0.508 e. The van der Waals surface area contributed by atoms with Gasteiger partial charge in [0.05, 0.1) is 19.1 Å². The first-order valence-electron chi connectivity index (χ1n) is 7.45. The lowest BCUT2D eigenvalue weighted by atomic mass is 9.92. The number of phenols is 1. The van der Waals surface area contributed by atoms with Crippen LogP contribution >= 0.6 is 0 Å². The van der Waals surface area contributed by atoms with Crippen LogP contribution in [-0.4, -0.2) is 34.2 Å². The van der Waals surface area contributed by atoms with Gasteiger partial charge in [-0.15, -0.1) is 0 Å². The molecule has 2 aromatic carbocycles. The zero-order valence-corrected chi connectivity index (χ0v) is 12.3. The molecule has 114 valence electrons. The fraction of sp³-hybridized carbons (Fsp3) is 0.278. The molecule has 0 aliphatic carbocycles. The molecule has 1 unspecified atom stereocenters. The van der Waals surface area contributed by atoms with Gasteiger partial charge >= 0.3 is 0 Å². The number of aliphatic hydroxyl groups is 1. The van der Waals surface area contributed by atoms with Gasteiger partial charge in [0.25, 0.3) is 0 Å². The minimum atomic E-state index is -0.283. The Bertz CT molecular complexity index is 684. The van der Waals surface area contributed by atoms with Gasteiger partial charge in [-0.05, 0) is 35.2 Å². The Morgan fingerprint density at radius 1 is 1.18 bits per heavy atom. The first-order valence-corrected chi connectivity index (χ1v) is 7.45. The maximum Gasteiger partial charge on any atom is 0.227 e. The Labute approximate surface area is 129 Å². The monoisotopic (exact) mass is 297 g/mol. The quantitative estimate of drug-likeness (QED) is 0.911. The molecule has 1 heterocycles. The predicted octanol–water partition coefficient (Wildman–Crippen LogP) is 2.05. The van der Waals surface area contributed by atoms with E-state index in [2.05, 4.69) is 6.07 Å². The fourth-order valence-corrected chi connectivity index (χ4v) is 3.09. The first-order chi connectivity index (χ1) is 10.7. The summed E-state index contributed by atoms with van der Waals surface area (Å²) in [6, 6.07) is 14.4. The Morgan fingerprint density at radius 2 is 2.00 bits per heavy atom. The standard InChI is InChI=1S/C18H19NO3/c20-12-17-16-7-2-1-5-14(16)8-9-19(17)18(22)11-13-4-3-6-15(21)10-13/h1-7,10,17,20-21H,8-9,11-12H2. The van der Waals surface area contributed by atoms with Gasteiger partial charge in [-0.2, -0.15) is 0 Å². The third-order valence-electron chi connectivity index (χ3n) is 4.17. The molecular weight excluding hydrogens is 278 g/mol. The number of aliphatic hydroxyl groups excluding tert-OH is 1. The molecule has 3 rings (SSSR count). The minimum absolute atomic E-state index is 0.0286. The fourth-order valence-electron chi connectivity index (χ4n) is 3.09. The molecule has 0 radical (unpaired) electrons. The number of hydrogen-bond acceptors (Lipinski definition) is 3. The molecule has 0 spiro atoms. The van der Waals surface area contributed by atoms with Crippen molar-refractivity contribution in [2.24, 2.45) is 0 Å². The number of nitrogens with zero attached hydrogens (tertiary/aromatic N) is 1. The molecule has 0 fully saturated rings. The van der Waals surface area contributed by atoms with Crippen molar-refractivity contribution >= 4 is 5.91 Å². The van der Waals surface area contributed by atoms with Crippen LogP contribution in [-0.2, 0) is 17.6 Å². The van der Waals surface area contributed by atoms with Crippen LogP contribution < -0.4 is 0 Å². The van der Waals surface area contributed by atoms with Crippen LogP contribution in [0.1, 0.15) is 22.7 Å². The van der Waals surface area contributed by atoms with Gasteiger partial charge in [0.15, 0.2) is 0 Å². The summed E-state index contributed by atoms with van der Waals surface area (Å²) in [5, 5.41) is 19.2. The maximum absolute atomic E-state index is 12.6. The summed E-state index contributed by atoms with van der Waals surface area (Å²) in [4.78, 5) is 14.3. The molecule has 4 heteroatoms. The van der Waals surface area contributed by atoms with E-state index < -0.39 is 0 Å². The van der Waals surface area contributed by atoms with Gasteiger partial charge < -0.3 is 15.1 Å². The molecule has 0 saturated carbocycles. The van der Waals surface area contributed by atoms with Crippen molar-refractivity contribution in [3.05, 3.63) is 65.2 Å². The highest BCUT2D eigenvalue weighted by Gasteiger charge is 2.29. The highest BCUT2D eigenvalue weighted by atomic mass is 16.3. The van der Waals surface area contributed by atoms with Crippen LogP contribution in [0.4, 0.5) is 0 Å². The lowest BCUT2D eigenvalue weighted by Crippen LogP contribution is -2.42. The van der Waals surface area contributed by atoms with E-state index in [0.717, 1.165) is 17.5 Å². The summed E-state index contributed by atoms with van der Waals surface area (Å²) in [6.07, 6.45) is 1.03. The van der Waals surface area contributed by atoms with Gasteiger partial charge in [0, 0.05) is 6.54 Å². The van der Waals surface area contributed by atoms with Crippen LogP contribution in [0.15, 0.2) is 48.5 Å². The van der Waals surface area contributed by atoms with Crippen molar-refractivity contribution in [3.8, 4) is 5.75 Å². The zero-order chi connectivity index (χ0) is 15.5. The van der Waals surface area contributed by atoms with Crippen LogP contribution in [0.25, 0.3) is 0 Å². The maximum atomic E-state index is 12.6. The van der Waals surface area contributed by atoms with Crippen molar-refractivity contribution in [2.45, 2.75) is 18.9 Å². The van der Waals surface area contributed by atoms with Crippen molar-refractivity contribution in [1.82, 2.24) is 4.90 Å². The van der Waals surface area contributed by atoms with E-state index in [9.17, 15) is 15.0 Å². The van der Waals surface area contributed by atoms with Crippen LogP contribution in [0, 0.1) is 0 Å². The van der Waals surface area contributed by atoms with Crippen LogP contribution in [0.5, 0.6) is 5.75 Å². The molecule has 1 aliphatic rings. The molecule has 0 saturated heterocycles. The second kappa shape index (κ2) is 6.20. The minimum Gasteiger partial charge on any atom is -0.508 e. The summed E-state index contributed by atoms with van der Waals surface area (Å²) < 4.78 is 0. The second-order valence-corrected chi connectivity index (χ2v) is 5.58. The number of aromatic hydroxyl groups is 1. The molecule has 0 bridgehead atoms. The first kappa shape index (κ1) is 14.6. The summed E-state index contributed by atoms with van der Waals surface area (Å²) in [5.41, 5.74) is 3.00. The van der Waals surface area contributed by atoms with Crippen molar-refractivity contribution in [2.75, 3.05) is 13.2 Å². The van der Waals surface area contributed by atoms with E-state index in [1.165, 1.54) is 5.56 Å². The summed E-state index contributed by atoms with van der Waals surface area (Å²) in [5.74, 6) is 0.132. The molecule has 22 heavy (non-hydrogen) atoms. The van der Waals surface area contributed by atoms with E-state index in [1.807, 2.05) is 24.3 Å².